The number of rotatable bonds is 3. The molecule has 0 saturated carbocycles. The zero-order valence-corrected chi connectivity index (χ0v) is 9.73. The van der Waals surface area contributed by atoms with E-state index in [4.69, 9.17) is 0 Å². The molecule has 1 N–H and O–H groups in total. The van der Waals surface area contributed by atoms with E-state index < -0.39 is 0 Å². The fourth-order valence-electron chi connectivity index (χ4n) is 3.01. The molecule has 4 rings (SSSR count). The molecule has 0 amide bonds. The van der Waals surface area contributed by atoms with Crippen LogP contribution in [0.2, 0.25) is 0 Å². The fourth-order valence-corrected chi connectivity index (χ4v) is 3.01. The van der Waals surface area contributed by atoms with Crippen molar-refractivity contribution in [3.63, 3.8) is 0 Å². The molecule has 16 heavy (non-hydrogen) atoms. The lowest BCUT2D eigenvalue weighted by Gasteiger charge is -2.45. The Balaban J connectivity index is 1.56. The van der Waals surface area contributed by atoms with Crippen LogP contribution in [0.5, 0.6) is 0 Å². The quantitative estimate of drug-likeness (QED) is 0.833. The Morgan fingerprint density at radius 2 is 1.88 bits per heavy atom. The van der Waals surface area contributed by atoms with E-state index in [1.807, 2.05) is 0 Å². The smallest absolute Gasteiger partial charge is 0.0602 e. The molecule has 1 aromatic rings. The monoisotopic (exact) mass is 216 g/mol. The maximum atomic E-state index is 3.70. The zero-order chi connectivity index (χ0) is 10.8. The minimum Gasteiger partial charge on any atom is -0.298 e. The summed E-state index contributed by atoms with van der Waals surface area (Å²) in [6.45, 7) is 3.61. The summed E-state index contributed by atoms with van der Waals surface area (Å²) in [5.41, 5.74) is 1.39. The highest BCUT2D eigenvalue weighted by molar-refractivity contribution is 5.14. The van der Waals surface area contributed by atoms with Crippen molar-refractivity contribution < 1.29 is 0 Å². The Hall–Kier alpha value is -0.860. The topological polar surface area (TPSA) is 15.3 Å². The van der Waals surface area contributed by atoms with Crippen LogP contribution >= 0.6 is 0 Å². The third kappa shape index (κ3) is 2.13. The van der Waals surface area contributed by atoms with Gasteiger partial charge in [-0.25, -0.2) is 0 Å². The van der Waals surface area contributed by atoms with E-state index in [1.165, 1.54) is 37.9 Å². The van der Waals surface area contributed by atoms with Gasteiger partial charge in [0.15, 0.2) is 0 Å². The Morgan fingerprint density at radius 3 is 2.50 bits per heavy atom. The third-order valence-corrected chi connectivity index (χ3v) is 4.03. The number of hydrogen-bond donors (Lipinski definition) is 1. The molecule has 0 aromatic heterocycles. The molecule has 2 heteroatoms. The normalized spacial score (nSPS) is 32.9. The second-order valence-electron chi connectivity index (χ2n) is 5.10. The summed E-state index contributed by atoms with van der Waals surface area (Å²) in [5, 5.41) is 3.70. The van der Waals surface area contributed by atoms with Crippen molar-refractivity contribution >= 4 is 0 Å². The van der Waals surface area contributed by atoms with Crippen LogP contribution in [-0.2, 0) is 6.54 Å². The van der Waals surface area contributed by atoms with E-state index in [0.717, 1.165) is 12.5 Å². The summed E-state index contributed by atoms with van der Waals surface area (Å²) in [6.07, 6.45) is 4.83. The van der Waals surface area contributed by atoms with Crippen LogP contribution in [0.15, 0.2) is 30.3 Å². The minimum atomic E-state index is 0.632. The van der Waals surface area contributed by atoms with Crippen LogP contribution in [0.3, 0.4) is 0 Å². The van der Waals surface area contributed by atoms with E-state index in [-0.39, 0.29) is 0 Å². The van der Waals surface area contributed by atoms with E-state index >= 15 is 0 Å². The second-order valence-corrected chi connectivity index (χ2v) is 5.10. The maximum absolute atomic E-state index is 3.70. The van der Waals surface area contributed by atoms with E-state index in [0.29, 0.717) is 6.17 Å². The summed E-state index contributed by atoms with van der Waals surface area (Å²) in [6, 6.07) is 10.7. The second kappa shape index (κ2) is 4.56. The van der Waals surface area contributed by atoms with Gasteiger partial charge in [-0.3, -0.25) is 10.2 Å². The summed E-state index contributed by atoms with van der Waals surface area (Å²) in [7, 11) is 0. The van der Waals surface area contributed by atoms with E-state index in [1.54, 1.807) is 0 Å². The Bertz CT molecular complexity index is 328. The van der Waals surface area contributed by atoms with Gasteiger partial charge in [0.25, 0.3) is 0 Å². The molecule has 0 spiro atoms. The largest absolute Gasteiger partial charge is 0.298 e. The lowest BCUT2D eigenvalue weighted by atomic mass is 9.86. The van der Waals surface area contributed by atoms with Crippen molar-refractivity contribution in [2.75, 3.05) is 13.1 Å². The van der Waals surface area contributed by atoms with Gasteiger partial charge in [0.05, 0.1) is 6.17 Å². The zero-order valence-electron chi connectivity index (χ0n) is 9.73. The van der Waals surface area contributed by atoms with E-state index in [9.17, 15) is 0 Å². The number of fused-ring (bicyclic) bond motifs is 3. The molecule has 3 saturated heterocycles. The average molecular weight is 216 g/mol. The predicted octanol–water partition coefficient (Wildman–Crippen LogP) is 2.22. The van der Waals surface area contributed by atoms with Crippen molar-refractivity contribution in [1.29, 1.82) is 0 Å². The van der Waals surface area contributed by atoms with Crippen molar-refractivity contribution in [3.8, 4) is 0 Å². The molecule has 3 heterocycles. The van der Waals surface area contributed by atoms with Crippen LogP contribution in [0, 0.1) is 5.92 Å². The van der Waals surface area contributed by atoms with Crippen LogP contribution in [-0.4, -0.2) is 24.2 Å². The molecule has 1 aromatic carbocycles. The summed E-state index contributed by atoms with van der Waals surface area (Å²) in [5.74, 6) is 0.985. The van der Waals surface area contributed by atoms with Gasteiger partial charge in [-0.05, 0) is 43.8 Å². The highest BCUT2D eigenvalue weighted by Crippen LogP contribution is 2.30. The van der Waals surface area contributed by atoms with Gasteiger partial charge in [-0.1, -0.05) is 30.3 Å². The third-order valence-electron chi connectivity index (χ3n) is 4.03. The maximum Gasteiger partial charge on any atom is 0.0602 e. The molecule has 1 atom stereocenters. The first-order chi connectivity index (χ1) is 7.92. The number of hydrogen-bond acceptors (Lipinski definition) is 2. The van der Waals surface area contributed by atoms with Gasteiger partial charge in [-0.2, -0.15) is 0 Å². The van der Waals surface area contributed by atoms with Crippen molar-refractivity contribution in [2.45, 2.75) is 32.0 Å². The van der Waals surface area contributed by atoms with Crippen LogP contribution in [0.1, 0.15) is 24.8 Å². The van der Waals surface area contributed by atoms with Gasteiger partial charge in [-0.15, -0.1) is 0 Å². The van der Waals surface area contributed by atoms with Crippen LogP contribution in [0.4, 0.5) is 0 Å². The van der Waals surface area contributed by atoms with Crippen molar-refractivity contribution in [1.82, 2.24) is 10.2 Å². The van der Waals surface area contributed by atoms with E-state index in [2.05, 4.69) is 40.5 Å². The molecular weight excluding hydrogens is 196 g/mol. The van der Waals surface area contributed by atoms with Crippen molar-refractivity contribution in [2.24, 2.45) is 5.92 Å². The molecule has 0 radical (unpaired) electrons. The Morgan fingerprint density at radius 1 is 1.12 bits per heavy atom. The lowest BCUT2D eigenvalue weighted by Crippen LogP contribution is -2.54. The van der Waals surface area contributed by atoms with Gasteiger partial charge in [0.1, 0.15) is 0 Å². The number of nitrogens with zero attached hydrogens (tertiary/aromatic N) is 1. The lowest BCUT2D eigenvalue weighted by molar-refractivity contribution is 0.0303. The predicted molar refractivity (Wildman–Crippen MR) is 66.0 cm³/mol. The van der Waals surface area contributed by atoms with Gasteiger partial charge >= 0.3 is 0 Å². The van der Waals surface area contributed by atoms with Gasteiger partial charge in [0, 0.05) is 6.54 Å². The summed E-state index contributed by atoms with van der Waals surface area (Å²) in [4.78, 5) is 2.61. The molecule has 2 bridgehead atoms. The fraction of sp³-hybridized carbons (Fsp3) is 0.571. The molecule has 3 aliphatic rings. The highest BCUT2D eigenvalue weighted by atomic mass is 15.3. The van der Waals surface area contributed by atoms with Crippen molar-refractivity contribution in [3.05, 3.63) is 35.9 Å². The first kappa shape index (κ1) is 10.3. The molecule has 86 valence electrons. The highest BCUT2D eigenvalue weighted by Gasteiger charge is 2.32. The number of benzene rings is 1. The van der Waals surface area contributed by atoms with Gasteiger partial charge < -0.3 is 0 Å². The number of piperidine rings is 3. The summed E-state index contributed by atoms with van der Waals surface area (Å²) < 4.78 is 0. The number of nitrogens with one attached hydrogen (secondary N) is 1. The molecule has 0 aliphatic carbocycles. The molecule has 2 nitrogen and oxygen atoms in total. The van der Waals surface area contributed by atoms with Gasteiger partial charge in [0.2, 0.25) is 0 Å². The Labute approximate surface area is 97.6 Å². The SMILES string of the molecule is c1ccc(CNC2CC3CCN2CC3)cc1. The minimum absolute atomic E-state index is 0.632. The molecule has 3 fully saturated rings. The molecular formula is C14H20N2. The summed E-state index contributed by atoms with van der Waals surface area (Å²) >= 11 is 0. The molecule has 1 unspecified atom stereocenters. The first-order valence-corrected chi connectivity index (χ1v) is 6.43. The average Bonchev–Trinajstić information content (AvgIpc) is 2.39. The van der Waals surface area contributed by atoms with Crippen LogP contribution in [0.25, 0.3) is 0 Å². The van der Waals surface area contributed by atoms with Crippen LogP contribution < -0.4 is 5.32 Å². The molecule has 3 aliphatic heterocycles. The first-order valence-electron chi connectivity index (χ1n) is 6.43. The Kier molecular flexibility index (Phi) is 2.94. The standard InChI is InChI=1S/C14H20N2/c1-2-4-13(5-3-1)11-15-14-10-12-6-8-16(14)9-7-12/h1-5,12,14-15H,6-11H2.